The maximum absolute atomic E-state index is 12.9. The summed E-state index contributed by atoms with van der Waals surface area (Å²) in [6, 6.07) is 10.5. The molecule has 1 heterocycles. The van der Waals surface area contributed by atoms with Crippen molar-refractivity contribution in [3.05, 3.63) is 65.3 Å². The fraction of sp³-hybridized carbons (Fsp3) is 0.200. The van der Waals surface area contributed by atoms with Crippen molar-refractivity contribution in [2.24, 2.45) is 0 Å². The van der Waals surface area contributed by atoms with Gasteiger partial charge in [-0.2, -0.15) is 0 Å². The van der Waals surface area contributed by atoms with Crippen molar-refractivity contribution in [2.45, 2.75) is 24.7 Å². The molecule has 0 aliphatic heterocycles. The zero-order chi connectivity index (χ0) is 21.9. The van der Waals surface area contributed by atoms with Crippen LogP contribution >= 0.6 is 11.6 Å². The third-order valence-corrected chi connectivity index (χ3v) is 5.81. The summed E-state index contributed by atoms with van der Waals surface area (Å²) < 4.78 is 38.7. The van der Waals surface area contributed by atoms with Gasteiger partial charge in [0.05, 0.1) is 12.8 Å². The predicted octanol–water partition coefficient (Wildman–Crippen LogP) is 4.51. The van der Waals surface area contributed by atoms with Crippen LogP contribution < -0.4 is 14.8 Å². The number of halogens is 1. The van der Waals surface area contributed by atoms with E-state index in [-0.39, 0.29) is 28.0 Å². The summed E-state index contributed by atoms with van der Waals surface area (Å²) in [5.41, 5.74) is 1.10. The highest BCUT2D eigenvalue weighted by molar-refractivity contribution is 7.92. The maximum Gasteiger partial charge on any atom is 0.293 e. The Labute approximate surface area is 179 Å². The van der Waals surface area contributed by atoms with E-state index >= 15 is 0 Å². The second-order valence-corrected chi connectivity index (χ2v) is 8.74. The first-order valence-corrected chi connectivity index (χ1v) is 10.8. The molecule has 3 rings (SSSR count). The first kappa shape index (κ1) is 21.7. The lowest BCUT2D eigenvalue weighted by molar-refractivity contribution is 0.0995. The minimum Gasteiger partial charge on any atom is -0.495 e. The lowest BCUT2D eigenvalue weighted by Gasteiger charge is -2.14. The first-order chi connectivity index (χ1) is 14.2. The third kappa shape index (κ3) is 4.74. The number of hydrogen-bond donors (Lipinski definition) is 2. The van der Waals surface area contributed by atoms with Gasteiger partial charge in [-0.05, 0) is 48.4 Å². The summed E-state index contributed by atoms with van der Waals surface area (Å²) in [6.07, 6.45) is 1.20. The number of oxazole rings is 1. The molecule has 0 saturated heterocycles. The molecule has 0 saturated carbocycles. The third-order valence-electron chi connectivity index (χ3n) is 4.16. The van der Waals surface area contributed by atoms with Gasteiger partial charge in [-0.1, -0.05) is 25.4 Å². The van der Waals surface area contributed by atoms with E-state index in [2.05, 4.69) is 15.0 Å². The number of amides is 1. The lowest BCUT2D eigenvalue weighted by atomic mass is 10.1. The molecular formula is C20H20ClN3O5S. The van der Waals surface area contributed by atoms with Gasteiger partial charge in [-0.25, -0.2) is 13.4 Å². The summed E-state index contributed by atoms with van der Waals surface area (Å²) in [7, 11) is -2.65. The van der Waals surface area contributed by atoms with Crippen molar-refractivity contribution < 1.29 is 22.4 Å². The van der Waals surface area contributed by atoms with Crippen LogP contribution in [0.25, 0.3) is 0 Å². The molecule has 10 heteroatoms. The molecule has 158 valence electrons. The van der Waals surface area contributed by atoms with Gasteiger partial charge in [0.25, 0.3) is 15.9 Å². The largest absolute Gasteiger partial charge is 0.495 e. The number of methoxy groups -OCH3 is 1. The van der Waals surface area contributed by atoms with Crippen LogP contribution in [0.2, 0.25) is 5.02 Å². The summed E-state index contributed by atoms with van der Waals surface area (Å²) in [5.74, 6) is -0.350. The van der Waals surface area contributed by atoms with E-state index < -0.39 is 15.9 Å². The van der Waals surface area contributed by atoms with Gasteiger partial charge in [0.2, 0.25) is 5.76 Å². The molecule has 2 aromatic carbocycles. The highest BCUT2D eigenvalue weighted by Crippen LogP contribution is 2.30. The first-order valence-electron chi connectivity index (χ1n) is 8.92. The van der Waals surface area contributed by atoms with Crippen LogP contribution in [0.3, 0.4) is 0 Å². The van der Waals surface area contributed by atoms with Gasteiger partial charge in [-0.15, -0.1) is 0 Å². The fourth-order valence-electron chi connectivity index (χ4n) is 2.72. The predicted molar refractivity (Wildman–Crippen MR) is 114 cm³/mol. The topological polar surface area (TPSA) is 111 Å². The highest BCUT2D eigenvalue weighted by atomic mass is 35.5. The molecule has 0 fully saturated rings. The summed E-state index contributed by atoms with van der Waals surface area (Å²) in [6.45, 7) is 3.77. The zero-order valence-corrected chi connectivity index (χ0v) is 18.0. The standard InChI is InChI=1S/C20H20ClN3O5S/c1-12(2)18-19(29-11-22-18)20(25)23-15-8-9-16(28-3)17(10-15)30(26,27)24-14-6-4-13(21)5-7-14/h4-12,24H,1-3H3,(H,23,25). The van der Waals surface area contributed by atoms with Crippen LogP contribution in [0.5, 0.6) is 5.75 Å². The van der Waals surface area contributed by atoms with Crippen LogP contribution in [0.4, 0.5) is 11.4 Å². The second kappa shape index (κ2) is 8.76. The Bertz CT molecular complexity index is 1160. The summed E-state index contributed by atoms with van der Waals surface area (Å²) in [4.78, 5) is 16.5. The number of carbonyl (C=O) groups excluding carboxylic acids is 1. The molecule has 0 bridgehead atoms. The molecule has 0 unspecified atom stereocenters. The molecule has 3 aromatic rings. The number of nitrogens with zero attached hydrogens (tertiary/aromatic N) is 1. The summed E-state index contributed by atoms with van der Waals surface area (Å²) in [5, 5.41) is 3.12. The van der Waals surface area contributed by atoms with Crippen molar-refractivity contribution in [3.8, 4) is 5.75 Å². The smallest absolute Gasteiger partial charge is 0.293 e. The normalized spacial score (nSPS) is 11.4. The van der Waals surface area contributed by atoms with Crippen molar-refractivity contribution in [1.29, 1.82) is 0 Å². The minimum atomic E-state index is -4.01. The van der Waals surface area contributed by atoms with E-state index in [1.54, 1.807) is 12.1 Å². The molecule has 8 nitrogen and oxygen atoms in total. The van der Waals surface area contributed by atoms with E-state index in [0.717, 1.165) is 0 Å². The molecule has 1 aromatic heterocycles. The van der Waals surface area contributed by atoms with E-state index in [4.69, 9.17) is 20.8 Å². The van der Waals surface area contributed by atoms with Gasteiger partial charge >= 0.3 is 0 Å². The molecule has 30 heavy (non-hydrogen) atoms. The van der Waals surface area contributed by atoms with Gasteiger partial charge in [-0.3, -0.25) is 9.52 Å². The van der Waals surface area contributed by atoms with Gasteiger partial charge in [0.15, 0.2) is 6.39 Å². The van der Waals surface area contributed by atoms with Crippen LogP contribution in [-0.4, -0.2) is 26.4 Å². The van der Waals surface area contributed by atoms with Crippen LogP contribution in [0.15, 0.2) is 58.2 Å². The quantitative estimate of drug-likeness (QED) is 0.549. The number of anilines is 2. The van der Waals surface area contributed by atoms with Crippen LogP contribution in [0.1, 0.15) is 36.0 Å². The average molecular weight is 450 g/mol. The number of benzene rings is 2. The Hall–Kier alpha value is -3.04. The zero-order valence-electron chi connectivity index (χ0n) is 16.5. The van der Waals surface area contributed by atoms with Crippen LogP contribution in [0, 0.1) is 0 Å². The van der Waals surface area contributed by atoms with Gasteiger partial charge < -0.3 is 14.5 Å². The SMILES string of the molecule is COc1ccc(NC(=O)c2ocnc2C(C)C)cc1S(=O)(=O)Nc1ccc(Cl)cc1. The Kier molecular flexibility index (Phi) is 6.33. The molecule has 0 radical (unpaired) electrons. The molecular weight excluding hydrogens is 430 g/mol. The number of ether oxygens (including phenoxy) is 1. The van der Waals surface area contributed by atoms with Crippen molar-refractivity contribution in [2.75, 3.05) is 17.1 Å². The minimum absolute atomic E-state index is 0.0140. The van der Waals surface area contributed by atoms with Crippen LogP contribution in [-0.2, 0) is 10.0 Å². The summed E-state index contributed by atoms with van der Waals surface area (Å²) >= 11 is 5.84. The fourth-order valence-corrected chi connectivity index (χ4v) is 4.10. The highest BCUT2D eigenvalue weighted by Gasteiger charge is 2.23. The lowest BCUT2D eigenvalue weighted by Crippen LogP contribution is -2.16. The maximum atomic E-state index is 12.9. The molecule has 0 atom stereocenters. The van der Waals surface area contributed by atoms with E-state index in [1.807, 2.05) is 13.8 Å². The van der Waals surface area contributed by atoms with Crippen molar-refractivity contribution in [1.82, 2.24) is 4.98 Å². The Morgan fingerprint density at radius 1 is 1.13 bits per heavy atom. The Balaban J connectivity index is 1.90. The molecule has 0 aliphatic rings. The number of hydrogen-bond acceptors (Lipinski definition) is 6. The molecule has 0 spiro atoms. The molecule has 2 N–H and O–H groups in total. The second-order valence-electron chi connectivity index (χ2n) is 6.65. The molecule has 0 aliphatic carbocycles. The Morgan fingerprint density at radius 3 is 2.43 bits per heavy atom. The number of aromatic nitrogens is 1. The van der Waals surface area contributed by atoms with Gasteiger partial charge in [0, 0.05) is 16.4 Å². The number of rotatable bonds is 7. The monoisotopic (exact) mass is 449 g/mol. The average Bonchev–Trinajstić information content (AvgIpc) is 3.20. The number of carbonyl (C=O) groups is 1. The van der Waals surface area contributed by atoms with E-state index in [9.17, 15) is 13.2 Å². The van der Waals surface area contributed by atoms with Crippen molar-refractivity contribution in [3.63, 3.8) is 0 Å². The Morgan fingerprint density at radius 2 is 1.80 bits per heavy atom. The number of nitrogens with one attached hydrogen (secondary N) is 2. The van der Waals surface area contributed by atoms with Gasteiger partial charge in [0.1, 0.15) is 10.6 Å². The van der Waals surface area contributed by atoms with E-state index in [1.165, 1.54) is 43.8 Å². The van der Waals surface area contributed by atoms with E-state index in [0.29, 0.717) is 16.4 Å². The van der Waals surface area contributed by atoms with Crippen molar-refractivity contribution >= 4 is 38.9 Å². The molecule has 1 amide bonds. The number of sulfonamides is 1.